The van der Waals surface area contributed by atoms with Crippen molar-refractivity contribution < 1.29 is 0 Å². The standard InChI is InChI=1S/C6H12N4.C2H6/c1-4(2)5-8-6(7-3)10-9-5;1-2/h4H,1-3H3,(H2,7,8,9,10);1-2H3. The first-order valence-corrected chi connectivity index (χ1v) is 4.34. The topological polar surface area (TPSA) is 53.6 Å². The van der Waals surface area contributed by atoms with Crippen molar-refractivity contribution in [3.8, 4) is 0 Å². The number of nitrogens with one attached hydrogen (secondary N) is 2. The maximum atomic E-state index is 4.15. The van der Waals surface area contributed by atoms with Crippen LogP contribution in [-0.2, 0) is 0 Å². The largest absolute Gasteiger partial charge is 0.356 e. The summed E-state index contributed by atoms with van der Waals surface area (Å²) in [5, 5.41) is 9.59. The van der Waals surface area contributed by atoms with Crippen LogP contribution >= 0.6 is 0 Å². The van der Waals surface area contributed by atoms with Crippen LogP contribution in [0.4, 0.5) is 5.95 Å². The summed E-state index contributed by atoms with van der Waals surface area (Å²) in [6.07, 6.45) is 0. The fourth-order valence-electron chi connectivity index (χ4n) is 0.644. The highest BCUT2D eigenvalue weighted by molar-refractivity contribution is 5.21. The number of H-pyrrole nitrogens is 1. The van der Waals surface area contributed by atoms with Gasteiger partial charge in [0.05, 0.1) is 0 Å². The van der Waals surface area contributed by atoms with Crippen molar-refractivity contribution in [3.05, 3.63) is 5.82 Å². The highest BCUT2D eigenvalue weighted by Gasteiger charge is 2.03. The van der Waals surface area contributed by atoms with Crippen molar-refractivity contribution >= 4 is 5.95 Å². The molecule has 4 nitrogen and oxygen atoms in total. The van der Waals surface area contributed by atoms with Gasteiger partial charge in [-0.15, -0.1) is 5.10 Å². The molecule has 0 aliphatic heterocycles. The van der Waals surface area contributed by atoms with E-state index < -0.39 is 0 Å². The summed E-state index contributed by atoms with van der Waals surface area (Å²) < 4.78 is 0. The molecule has 0 aliphatic carbocycles. The van der Waals surface area contributed by atoms with Gasteiger partial charge in [0.15, 0.2) is 0 Å². The lowest BCUT2D eigenvalue weighted by atomic mass is 10.2. The van der Waals surface area contributed by atoms with E-state index in [1.54, 1.807) is 7.05 Å². The van der Waals surface area contributed by atoms with Gasteiger partial charge in [0.25, 0.3) is 0 Å². The lowest BCUT2D eigenvalue weighted by Crippen LogP contribution is -1.91. The van der Waals surface area contributed by atoms with Crippen molar-refractivity contribution in [1.29, 1.82) is 0 Å². The van der Waals surface area contributed by atoms with Crippen LogP contribution < -0.4 is 5.32 Å². The first-order valence-electron chi connectivity index (χ1n) is 4.34. The van der Waals surface area contributed by atoms with Gasteiger partial charge in [0, 0.05) is 13.0 Å². The van der Waals surface area contributed by atoms with Crippen LogP contribution in [0.5, 0.6) is 0 Å². The summed E-state index contributed by atoms with van der Waals surface area (Å²) in [4.78, 5) is 4.15. The van der Waals surface area contributed by atoms with Crippen LogP contribution in [0.1, 0.15) is 39.4 Å². The van der Waals surface area contributed by atoms with Gasteiger partial charge in [-0.3, -0.25) is 5.10 Å². The fraction of sp³-hybridized carbons (Fsp3) is 0.750. The predicted octanol–water partition coefficient (Wildman–Crippen LogP) is 2.00. The Hall–Kier alpha value is -1.06. The number of anilines is 1. The second kappa shape index (κ2) is 5.57. The van der Waals surface area contributed by atoms with E-state index >= 15 is 0 Å². The zero-order valence-corrected chi connectivity index (χ0v) is 8.47. The van der Waals surface area contributed by atoms with E-state index in [2.05, 4.69) is 34.3 Å². The third-order valence-corrected chi connectivity index (χ3v) is 1.27. The number of hydrogen-bond acceptors (Lipinski definition) is 3. The normalized spacial score (nSPS) is 9.17. The molecule has 0 atom stereocenters. The average Bonchev–Trinajstić information content (AvgIpc) is 2.55. The second-order valence-electron chi connectivity index (χ2n) is 2.45. The van der Waals surface area contributed by atoms with Gasteiger partial charge in [-0.1, -0.05) is 27.7 Å². The lowest BCUT2D eigenvalue weighted by molar-refractivity contribution is 0.781. The number of aromatic nitrogens is 3. The molecule has 0 radical (unpaired) electrons. The van der Waals surface area contributed by atoms with Crippen molar-refractivity contribution in [2.24, 2.45) is 0 Å². The smallest absolute Gasteiger partial charge is 0.241 e. The summed E-state index contributed by atoms with van der Waals surface area (Å²) in [5.74, 6) is 1.99. The molecule has 4 heteroatoms. The minimum atomic E-state index is 0.412. The molecular formula is C8H18N4. The first kappa shape index (κ1) is 10.9. The highest BCUT2D eigenvalue weighted by atomic mass is 15.3. The lowest BCUT2D eigenvalue weighted by Gasteiger charge is -1.94. The number of rotatable bonds is 2. The summed E-state index contributed by atoms with van der Waals surface area (Å²) in [6.45, 7) is 8.14. The van der Waals surface area contributed by atoms with Gasteiger partial charge in [0.2, 0.25) is 5.95 Å². The molecule has 0 fully saturated rings. The zero-order chi connectivity index (χ0) is 9.56. The molecule has 1 aromatic rings. The number of hydrogen-bond donors (Lipinski definition) is 2. The third-order valence-electron chi connectivity index (χ3n) is 1.27. The molecule has 1 rings (SSSR count). The van der Waals surface area contributed by atoms with Crippen LogP contribution in [0.3, 0.4) is 0 Å². The molecule has 70 valence electrons. The third kappa shape index (κ3) is 2.90. The SMILES string of the molecule is CC.CNc1n[nH]c(C(C)C)n1. The molecule has 1 aromatic heterocycles. The molecule has 0 aromatic carbocycles. The molecule has 1 heterocycles. The maximum Gasteiger partial charge on any atom is 0.241 e. The van der Waals surface area contributed by atoms with E-state index in [0.717, 1.165) is 5.82 Å². The fourth-order valence-corrected chi connectivity index (χ4v) is 0.644. The molecule has 0 aliphatic rings. The molecule has 0 spiro atoms. The molecule has 12 heavy (non-hydrogen) atoms. The Bertz CT molecular complexity index is 205. The summed E-state index contributed by atoms with van der Waals surface area (Å²) in [6, 6.07) is 0. The minimum Gasteiger partial charge on any atom is -0.356 e. The van der Waals surface area contributed by atoms with E-state index in [4.69, 9.17) is 0 Å². The van der Waals surface area contributed by atoms with Gasteiger partial charge >= 0.3 is 0 Å². The molecule has 2 N–H and O–H groups in total. The molecular weight excluding hydrogens is 152 g/mol. The Morgan fingerprint density at radius 2 is 1.92 bits per heavy atom. The quantitative estimate of drug-likeness (QED) is 0.713. The van der Waals surface area contributed by atoms with Crippen molar-refractivity contribution in [2.75, 3.05) is 12.4 Å². The Morgan fingerprint density at radius 1 is 1.33 bits per heavy atom. The minimum absolute atomic E-state index is 0.412. The number of aromatic amines is 1. The van der Waals surface area contributed by atoms with Gasteiger partial charge in [0.1, 0.15) is 5.82 Å². The van der Waals surface area contributed by atoms with Crippen molar-refractivity contribution in [2.45, 2.75) is 33.6 Å². The van der Waals surface area contributed by atoms with Gasteiger partial charge in [-0.2, -0.15) is 4.98 Å². The van der Waals surface area contributed by atoms with Gasteiger partial charge < -0.3 is 5.32 Å². The average molecular weight is 170 g/mol. The molecule has 0 saturated heterocycles. The van der Waals surface area contributed by atoms with Crippen molar-refractivity contribution in [3.63, 3.8) is 0 Å². The van der Waals surface area contributed by atoms with Crippen LogP contribution in [0.25, 0.3) is 0 Å². The van der Waals surface area contributed by atoms with E-state index in [9.17, 15) is 0 Å². The van der Waals surface area contributed by atoms with Gasteiger partial charge in [-0.25, -0.2) is 0 Å². The molecule has 0 unspecified atom stereocenters. The Kier molecular flexibility index (Phi) is 5.08. The first-order chi connectivity index (χ1) is 5.74. The van der Waals surface area contributed by atoms with Crippen LogP contribution in [0.2, 0.25) is 0 Å². The van der Waals surface area contributed by atoms with Crippen LogP contribution in [-0.4, -0.2) is 22.2 Å². The van der Waals surface area contributed by atoms with Crippen molar-refractivity contribution in [1.82, 2.24) is 15.2 Å². The maximum absolute atomic E-state index is 4.15. The van der Waals surface area contributed by atoms with E-state index in [1.165, 1.54) is 0 Å². The van der Waals surface area contributed by atoms with Crippen LogP contribution in [0.15, 0.2) is 0 Å². The van der Waals surface area contributed by atoms with Gasteiger partial charge in [-0.05, 0) is 0 Å². The monoisotopic (exact) mass is 170 g/mol. The van der Waals surface area contributed by atoms with E-state index in [0.29, 0.717) is 11.9 Å². The zero-order valence-electron chi connectivity index (χ0n) is 8.47. The molecule has 0 amide bonds. The second-order valence-corrected chi connectivity index (χ2v) is 2.45. The highest BCUT2D eigenvalue weighted by Crippen LogP contribution is 2.08. The Balaban J connectivity index is 0.000000561. The van der Waals surface area contributed by atoms with Crippen LogP contribution in [0, 0.1) is 0 Å². The van der Waals surface area contributed by atoms with E-state index in [1.807, 2.05) is 13.8 Å². The Labute approximate surface area is 73.8 Å². The molecule has 0 bridgehead atoms. The Morgan fingerprint density at radius 3 is 2.17 bits per heavy atom. The number of nitrogens with zero attached hydrogens (tertiary/aromatic N) is 2. The van der Waals surface area contributed by atoms with E-state index in [-0.39, 0.29) is 0 Å². The summed E-state index contributed by atoms with van der Waals surface area (Å²) in [5.41, 5.74) is 0. The molecule has 0 saturated carbocycles. The summed E-state index contributed by atoms with van der Waals surface area (Å²) in [7, 11) is 1.80. The summed E-state index contributed by atoms with van der Waals surface area (Å²) >= 11 is 0. The predicted molar refractivity (Wildman–Crippen MR) is 51.4 cm³/mol.